The lowest BCUT2D eigenvalue weighted by atomic mass is 10.0. The van der Waals surface area contributed by atoms with Crippen LogP contribution in [0.3, 0.4) is 0 Å². The number of urea groups is 3. The number of amides is 16. The first kappa shape index (κ1) is 92.0. The van der Waals surface area contributed by atoms with Crippen LogP contribution in [-0.2, 0) is 47.9 Å². The van der Waals surface area contributed by atoms with E-state index in [1.807, 2.05) is 36.4 Å². The van der Waals surface area contributed by atoms with Gasteiger partial charge in [0.2, 0.25) is 47.3 Å². The molecule has 2 unspecified atom stereocenters. The molecule has 119 heavy (non-hydrogen) atoms. The summed E-state index contributed by atoms with van der Waals surface area (Å²) in [6.45, 7) is 1.67. The predicted octanol–water partition coefficient (Wildman–Crippen LogP) is -0.964. The van der Waals surface area contributed by atoms with E-state index in [1.54, 1.807) is 115 Å². The molecule has 0 saturated carbocycles. The summed E-state index contributed by atoms with van der Waals surface area (Å²) in [5, 5.41) is 43.8. The fourth-order valence-corrected chi connectivity index (χ4v) is 11.3. The van der Waals surface area contributed by atoms with Crippen LogP contribution in [0.1, 0.15) is 34.1 Å². The Balaban J connectivity index is 0.000000270. The third-order valence-corrected chi connectivity index (χ3v) is 17.7. The van der Waals surface area contributed by atoms with Crippen molar-refractivity contribution in [2.75, 3.05) is 55.2 Å². The first-order valence-corrected chi connectivity index (χ1v) is 37.1. The largest absolute Gasteiger partial charge is 0.457 e. The normalized spacial score (nSPS) is 22.2. The zero-order chi connectivity index (χ0) is 85.5. The Labute approximate surface area is 691 Å². The summed E-state index contributed by atoms with van der Waals surface area (Å²) in [5.74, 6) is -6.22. The fourth-order valence-electron chi connectivity index (χ4n) is 11.0. The Kier molecular flexibility index (Phi) is 35.0. The molecular weight excluding hydrogens is 1590 g/mol. The molecule has 16 amide bonds. The second-order valence-electron chi connectivity index (χ2n) is 26.2. The van der Waals surface area contributed by atoms with Crippen LogP contribution in [0.15, 0.2) is 185 Å². The van der Waals surface area contributed by atoms with Gasteiger partial charge in [-0.3, -0.25) is 57.9 Å². The highest BCUT2D eigenvalue weighted by atomic mass is 35.5. The molecule has 632 valence electrons. The van der Waals surface area contributed by atoms with Crippen molar-refractivity contribution >= 4 is 129 Å². The minimum absolute atomic E-state index is 0. The predicted molar refractivity (Wildman–Crippen MR) is 444 cm³/mol. The molecule has 31 N–H and O–H groups in total. The van der Waals surface area contributed by atoms with Gasteiger partial charge in [-0.1, -0.05) is 85.2 Å². The van der Waals surface area contributed by atoms with E-state index in [9.17, 15) is 62.3 Å². The molecule has 0 aromatic heterocycles. The number of nitrogens with one attached hydrogen (secondary N) is 17. The van der Waals surface area contributed by atoms with Crippen LogP contribution in [0.5, 0.6) is 23.0 Å². The molecule has 0 bridgehead atoms. The van der Waals surface area contributed by atoms with Crippen molar-refractivity contribution in [3.8, 4) is 34.1 Å². The molecule has 0 aliphatic carbocycles. The number of guanidine groups is 2. The molecular formula is C76H94Cl2N26O15. The van der Waals surface area contributed by atoms with Gasteiger partial charge in [0.05, 0.1) is 12.1 Å². The molecule has 4 heterocycles. The number of ether oxygens (including phenoxy) is 2. The number of hydrogen-bond acceptors (Lipinski definition) is 25. The van der Waals surface area contributed by atoms with Gasteiger partial charge < -0.3 is 140 Å². The highest BCUT2D eigenvalue weighted by Crippen LogP contribution is 2.28. The highest BCUT2D eigenvalue weighted by Gasteiger charge is 2.37. The second-order valence-corrected chi connectivity index (χ2v) is 27.0. The lowest BCUT2D eigenvalue weighted by Crippen LogP contribution is -2.63. The van der Waals surface area contributed by atoms with Gasteiger partial charge >= 0.3 is 18.1 Å². The Hall–Kier alpha value is -14.1. The SMILES string of the molecule is C.C[C@@H]1NC(=O)[C@@H](N)CNC(=O)[C@H](C2CCN=C(N)N2)NC(=O)/C(=C/NC(=O)Nc2cccc(-c3ccccc3)c2)NC(=O)[C@H](CN)NC1=O.C[C@@H]1NC(=O)[C@@H](N)CNC(=O)[C@H](C2CCN=C(N)N2)NC(=O)/C(=C/NC(=O)Nc2cccc(Oc3ccc(Cl)cc3)c2)NC(=O)[C@H](CN)NC1=O.NC(=O)Nc1cccc(Oc2ccc(Cl)cc2)c1. The number of carbonyl (C=O) groups excluding carboxylic acids is 13. The fraction of sp³-hybridized carbons (Fsp3) is 0.276. The Morgan fingerprint density at radius 1 is 0.454 bits per heavy atom. The molecule has 10 atom stereocenters. The van der Waals surface area contributed by atoms with E-state index < -0.39 is 162 Å². The molecule has 4 aliphatic heterocycles. The van der Waals surface area contributed by atoms with Gasteiger partial charge in [0.25, 0.3) is 11.8 Å². The Morgan fingerprint density at radius 2 is 0.840 bits per heavy atom. The third-order valence-electron chi connectivity index (χ3n) is 17.2. The van der Waals surface area contributed by atoms with E-state index in [2.05, 4.69) is 100 Å². The van der Waals surface area contributed by atoms with E-state index in [4.69, 9.17) is 72.8 Å². The van der Waals surface area contributed by atoms with Crippen LogP contribution in [0.2, 0.25) is 10.0 Å². The summed E-state index contributed by atoms with van der Waals surface area (Å²) in [7, 11) is 0. The molecule has 41 nitrogen and oxygen atoms in total. The van der Waals surface area contributed by atoms with Crippen LogP contribution in [0.4, 0.5) is 31.4 Å². The van der Waals surface area contributed by atoms with Crippen LogP contribution in [-0.4, -0.2) is 189 Å². The second kappa shape index (κ2) is 45.2. The van der Waals surface area contributed by atoms with Crippen LogP contribution in [0, 0.1) is 0 Å². The average Bonchev–Trinajstić information content (AvgIpc) is 0.840. The summed E-state index contributed by atoms with van der Waals surface area (Å²) in [5.41, 5.74) is 42.2. The molecule has 10 rings (SSSR count). The number of anilines is 3. The molecule has 0 radical (unpaired) electrons. The van der Waals surface area contributed by atoms with Crippen molar-refractivity contribution in [3.05, 3.63) is 185 Å². The highest BCUT2D eigenvalue weighted by molar-refractivity contribution is 6.31. The van der Waals surface area contributed by atoms with E-state index in [-0.39, 0.29) is 58.4 Å². The van der Waals surface area contributed by atoms with Crippen molar-refractivity contribution in [2.45, 2.75) is 94.5 Å². The number of halogens is 2. The van der Waals surface area contributed by atoms with Gasteiger partial charge in [-0.15, -0.1) is 0 Å². The minimum Gasteiger partial charge on any atom is -0.457 e. The molecule has 6 aromatic carbocycles. The van der Waals surface area contributed by atoms with Gasteiger partial charge in [0.15, 0.2) is 11.9 Å². The number of nitrogens with two attached hydrogens (primary N) is 7. The molecule has 43 heteroatoms. The monoisotopic (exact) mass is 1680 g/mol. The van der Waals surface area contributed by atoms with Crippen LogP contribution in [0.25, 0.3) is 11.1 Å². The lowest BCUT2D eigenvalue weighted by Gasteiger charge is -2.31. The first-order valence-electron chi connectivity index (χ1n) is 36.3. The smallest absolute Gasteiger partial charge is 0.323 e. The van der Waals surface area contributed by atoms with Crippen molar-refractivity contribution in [2.24, 2.45) is 50.1 Å². The molecule has 2 fully saturated rings. The van der Waals surface area contributed by atoms with Crippen molar-refractivity contribution in [1.82, 2.24) is 74.4 Å². The zero-order valence-corrected chi connectivity index (χ0v) is 64.8. The number of hydrogen-bond donors (Lipinski definition) is 24. The molecule has 2 saturated heterocycles. The Bertz CT molecular complexity index is 4770. The van der Waals surface area contributed by atoms with Crippen molar-refractivity contribution in [1.29, 1.82) is 0 Å². The maximum absolute atomic E-state index is 13.7. The van der Waals surface area contributed by atoms with E-state index in [1.165, 1.54) is 13.8 Å². The molecule has 0 spiro atoms. The number of rotatable bonds is 14. The maximum Gasteiger partial charge on any atom is 0.323 e. The number of aliphatic imine (C=N–C) groups is 2. The summed E-state index contributed by atoms with van der Waals surface area (Å²) in [6.07, 6.45) is 2.36. The summed E-state index contributed by atoms with van der Waals surface area (Å²) in [4.78, 5) is 176. The molecule has 4 aliphatic rings. The van der Waals surface area contributed by atoms with Crippen LogP contribution < -0.4 is 140 Å². The minimum atomic E-state index is -1.39. The van der Waals surface area contributed by atoms with E-state index in [0.717, 1.165) is 23.5 Å². The van der Waals surface area contributed by atoms with Crippen molar-refractivity contribution in [3.63, 3.8) is 0 Å². The number of primary amides is 1. The number of nitrogens with zero attached hydrogens (tertiary/aromatic N) is 2. The van der Waals surface area contributed by atoms with Gasteiger partial charge in [0, 0.05) is 90.9 Å². The summed E-state index contributed by atoms with van der Waals surface area (Å²) < 4.78 is 11.4. The van der Waals surface area contributed by atoms with Gasteiger partial charge in [-0.25, -0.2) is 14.4 Å². The molecule has 6 aromatic rings. The van der Waals surface area contributed by atoms with Crippen molar-refractivity contribution < 1.29 is 71.8 Å². The van der Waals surface area contributed by atoms with E-state index in [0.29, 0.717) is 50.1 Å². The maximum atomic E-state index is 13.7. The third kappa shape index (κ3) is 29.3. The van der Waals surface area contributed by atoms with E-state index >= 15 is 0 Å². The zero-order valence-electron chi connectivity index (χ0n) is 63.3. The topological polar surface area (TPSA) is 652 Å². The number of benzene rings is 6. The number of carbonyl (C=O) groups is 13. The quantitative estimate of drug-likeness (QED) is 0.0584. The van der Waals surface area contributed by atoms with Crippen LogP contribution >= 0.6 is 23.2 Å². The van der Waals surface area contributed by atoms with Gasteiger partial charge in [0.1, 0.15) is 82.7 Å². The Morgan fingerprint density at radius 3 is 1.24 bits per heavy atom. The average molecular weight is 1680 g/mol. The standard InChI is InChI=1S/C31H39ClN12O7.C31H40N12O6.C13H11ClN2O2.CH4/c1-15-25(45)41-22(12-33)27(47)42-23(14-38-31(50)40-17-3-2-4-19(11-17)51-18-7-5-16(32)6-8-18)28(48)44-24(21-9-10-36-30(35)43-21)29(49)37-13-20(34)26(46)39-15;1-16-25(44)40-22(13-32)27(46)41-23(15-37-31(49)39-19-9-5-8-18(12-19)17-6-3-2-4-7-17)28(47)43-24(21-10-11-35-30(34)42-21)29(48)36-14-20(33)26(45)38-16;14-9-4-6-11(7-5-9)18-12-3-1-2-10(8-12)16-13(15)17;/h2-8,11,14-15,20-22,24H,9-10,12-13,33-34H2,1H3,(H,37,49)(H,39,46)(H,41,45)(H,42,47)(H,44,48)(H3,35,36,43)(H2,38,40,50);2-9,12,15-16,20-22,24H,10-11,13-14,32-33H2,1H3,(H,36,48)(H,38,45)(H,40,44)(H,41,46)(H,43,47)(H3,34,35,42)(H2,37,39,49);1-8H,(H3,15,16,17);1H4/b23-14-;23-15-;;/t15-,20-,21?,22-,24-;16-,20-,21?,22-,24-;;/m00../s1. The first-order chi connectivity index (χ1) is 56.4. The summed E-state index contributed by atoms with van der Waals surface area (Å²) >= 11 is 11.7. The summed E-state index contributed by atoms with van der Waals surface area (Å²) in [6, 6.07) is 29.6. The van der Waals surface area contributed by atoms with Gasteiger partial charge in [-0.05, 0) is 123 Å². The lowest BCUT2D eigenvalue weighted by molar-refractivity contribution is -0.133. The van der Waals surface area contributed by atoms with Gasteiger partial charge in [-0.2, -0.15) is 0 Å².